The first-order chi connectivity index (χ1) is 13.2. The molecule has 2 fully saturated rings. The third-order valence-electron chi connectivity index (χ3n) is 2.97. The van der Waals surface area contributed by atoms with E-state index in [4.69, 9.17) is 19.1 Å². The van der Waals surface area contributed by atoms with Gasteiger partial charge in [-0.1, -0.05) is 0 Å². The number of aliphatic hydroxyl groups is 1. The third-order valence-corrected chi connectivity index (χ3v) is 5.08. The molecule has 2 aliphatic heterocycles. The van der Waals surface area contributed by atoms with E-state index in [-0.39, 0.29) is 6.61 Å². The highest BCUT2D eigenvalue weighted by atomic mass is 32.3. The highest BCUT2D eigenvalue weighted by Crippen LogP contribution is 2.19. The molecule has 2 aliphatic rings. The standard InChI is InChI=1S/C9H16BFO14S3/c11-9-8(23-27(15)24-9)5-20-10(18-2-6(1-12)22-26(13)14)19-3-7-4-21-28(16,17)25-7/h6-9,12H,1-5H2,(H,13,14)/p-1. The van der Waals surface area contributed by atoms with E-state index in [0.717, 1.165) is 0 Å². The zero-order chi connectivity index (χ0) is 20.7. The normalized spacial score (nSPS) is 31.7. The molecule has 0 saturated carbocycles. The predicted molar refractivity (Wildman–Crippen MR) is 83.2 cm³/mol. The van der Waals surface area contributed by atoms with Crippen LogP contribution in [0.2, 0.25) is 0 Å². The minimum atomic E-state index is -4.13. The summed E-state index contributed by atoms with van der Waals surface area (Å²) in [7, 11) is -5.74. The predicted octanol–water partition coefficient (Wildman–Crippen LogP) is -2.86. The molecule has 1 N–H and O–H groups in total. The first kappa shape index (κ1) is 24.1. The summed E-state index contributed by atoms with van der Waals surface area (Å²) >= 11 is -5.23. The monoisotopic (exact) mass is 473 g/mol. The molecule has 0 aromatic carbocycles. The van der Waals surface area contributed by atoms with Gasteiger partial charge in [-0.3, -0.25) is 8.37 Å². The lowest BCUT2D eigenvalue weighted by Crippen LogP contribution is -2.38. The molecule has 14 nitrogen and oxygen atoms in total. The van der Waals surface area contributed by atoms with Crippen molar-refractivity contribution >= 4 is 40.4 Å². The zero-order valence-electron chi connectivity index (χ0n) is 13.8. The van der Waals surface area contributed by atoms with Gasteiger partial charge < -0.3 is 23.6 Å². The summed E-state index contributed by atoms with van der Waals surface area (Å²) in [6.45, 7) is -2.57. The maximum absolute atomic E-state index is 13.4. The van der Waals surface area contributed by atoms with Gasteiger partial charge in [-0.25, -0.2) is 21.1 Å². The molecular formula is C9H15BFO14S3-. The number of hydrogen-bond acceptors (Lipinski definition) is 14. The van der Waals surface area contributed by atoms with Gasteiger partial charge in [0.2, 0.25) is 6.36 Å². The summed E-state index contributed by atoms with van der Waals surface area (Å²) in [5.74, 6) is 0. The molecule has 2 heterocycles. The second kappa shape index (κ2) is 11.3. The van der Waals surface area contributed by atoms with Crippen LogP contribution >= 0.6 is 0 Å². The number of rotatable bonds is 12. The Kier molecular flexibility index (Phi) is 9.73. The van der Waals surface area contributed by atoms with Crippen molar-refractivity contribution in [2.75, 3.05) is 33.0 Å². The van der Waals surface area contributed by atoms with Crippen molar-refractivity contribution in [3.05, 3.63) is 0 Å². The molecule has 6 atom stereocenters. The van der Waals surface area contributed by atoms with Gasteiger partial charge in [-0.2, -0.15) is 12.6 Å². The van der Waals surface area contributed by atoms with Gasteiger partial charge in [0.25, 0.3) is 0 Å². The Labute approximate surface area is 164 Å². The average molecular weight is 473 g/mol. The molecule has 0 spiro atoms. The Morgan fingerprint density at radius 3 is 2.57 bits per heavy atom. The number of aliphatic hydroxyl groups excluding tert-OH is 1. The molecule has 0 amide bonds. The average Bonchev–Trinajstić information content (AvgIpc) is 3.12. The molecule has 0 aromatic rings. The topological polar surface area (TPSA) is 185 Å². The SMILES string of the molecule is O=S([O-])OC(CO)COB(OCC1COS(=O)(=O)O1)OCC1OS(=O)OC1F. The summed E-state index contributed by atoms with van der Waals surface area (Å²) in [4.78, 5) is 0. The Morgan fingerprint density at radius 1 is 1.32 bits per heavy atom. The van der Waals surface area contributed by atoms with Crippen LogP contribution in [0.3, 0.4) is 0 Å². The maximum Gasteiger partial charge on any atom is 0.639 e. The summed E-state index contributed by atoms with van der Waals surface area (Å²) in [5.41, 5.74) is 0. The van der Waals surface area contributed by atoms with Gasteiger partial charge >= 0.3 is 29.1 Å². The van der Waals surface area contributed by atoms with Crippen LogP contribution in [-0.2, 0) is 68.0 Å². The van der Waals surface area contributed by atoms with Crippen LogP contribution in [-0.4, -0.2) is 91.5 Å². The van der Waals surface area contributed by atoms with Crippen LogP contribution < -0.4 is 0 Å². The fraction of sp³-hybridized carbons (Fsp3) is 1.00. The molecule has 0 aromatic heterocycles. The molecular weight excluding hydrogens is 458 g/mol. The molecule has 0 bridgehead atoms. The molecule has 2 rings (SSSR count). The highest BCUT2D eigenvalue weighted by molar-refractivity contribution is 7.82. The summed E-state index contributed by atoms with van der Waals surface area (Å²) in [5, 5.41) is 9.03. The smallest absolute Gasteiger partial charge is 0.639 e. The van der Waals surface area contributed by atoms with Gasteiger partial charge in [-0.05, 0) is 0 Å². The summed E-state index contributed by atoms with van der Waals surface area (Å²) in [6.07, 6.45) is -5.74. The highest BCUT2D eigenvalue weighted by Gasteiger charge is 2.38. The fourth-order valence-corrected chi connectivity index (χ4v) is 3.60. The lowest BCUT2D eigenvalue weighted by atomic mass is 10.2. The van der Waals surface area contributed by atoms with Gasteiger partial charge in [0, 0.05) is 0 Å². The largest absolute Gasteiger partial charge is 0.750 e. The van der Waals surface area contributed by atoms with Crippen LogP contribution in [0.4, 0.5) is 4.39 Å². The van der Waals surface area contributed by atoms with E-state index in [9.17, 15) is 25.8 Å². The number of halogens is 1. The summed E-state index contributed by atoms with van der Waals surface area (Å²) < 4.78 is 105. The molecule has 0 radical (unpaired) electrons. The van der Waals surface area contributed by atoms with Crippen LogP contribution in [0, 0.1) is 0 Å². The van der Waals surface area contributed by atoms with E-state index in [0.29, 0.717) is 0 Å². The number of hydrogen-bond donors (Lipinski definition) is 1. The molecule has 28 heavy (non-hydrogen) atoms. The third kappa shape index (κ3) is 8.30. The van der Waals surface area contributed by atoms with E-state index in [1.54, 1.807) is 0 Å². The van der Waals surface area contributed by atoms with Crippen molar-refractivity contribution in [1.29, 1.82) is 0 Å². The first-order valence-electron chi connectivity index (χ1n) is 7.38. The van der Waals surface area contributed by atoms with E-state index < -0.39 is 91.5 Å². The zero-order valence-corrected chi connectivity index (χ0v) is 16.2. The fourth-order valence-electron chi connectivity index (χ4n) is 1.78. The quantitative estimate of drug-likeness (QED) is 0.225. The molecule has 2 saturated heterocycles. The van der Waals surface area contributed by atoms with Crippen molar-refractivity contribution < 1.29 is 65.8 Å². The Bertz CT molecular complexity index is 650. The Balaban J connectivity index is 1.86. The lowest BCUT2D eigenvalue weighted by molar-refractivity contribution is -0.0168. The van der Waals surface area contributed by atoms with Crippen LogP contribution in [0.15, 0.2) is 0 Å². The van der Waals surface area contributed by atoms with Crippen molar-refractivity contribution in [1.82, 2.24) is 0 Å². The molecule has 164 valence electrons. The van der Waals surface area contributed by atoms with Crippen molar-refractivity contribution in [3.63, 3.8) is 0 Å². The van der Waals surface area contributed by atoms with E-state index >= 15 is 0 Å². The van der Waals surface area contributed by atoms with E-state index in [1.165, 1.54) is 0 Å². The molecule has 19 heteroatoms. The minimum absolute atomic E-state index is 0.336. The maximum atomic E-state index is 13.4. The van der Waals surface area contributed by atoms with Crippen LogP contribution in [0.1, 0.15) is 0 Å². The van der Waals surface area contributed by atoms with Gasteiger partial charge in [0.1, 0.15) is 12.2 Å². The summed E-state index contributed by atoms with van der Waals surface area (Å²) in [6, 6.07) is 0. The first-order valence-corrected chi connectivity index (χ1v) is 10.7. The second-order valence-corrected chi connectivity index (χ2v) is 7.73. The Morgan fingerprint density at radius 2 is 2.04 bits per heavy atom. The van der Waals surface area contributed by atoms with Crippen molar-refractivity contribution in [3.8, 4) is 0 Å². The van der Waals surface area contributed by atoms with Gasteiger partial charge in [0.05, 0.1) is 44.4 Å². The molecule has 6 unspecified atom stereocenters. The van der Waals surface area contributed by atoms with Gasteiger partial charge in [-0.15, -0.1) is 0 Å². The molecule has 0 aliphatic carbocycles. The lowest BCUT2D eigenvalue weighted by Gasteiger charge is -2.20. The van der Waals surface area contributed by atoms with Crippen molar-refractivity contribution in [2.45, 2.75) is 24.7 Å². The number of alkyl halides is 1. The Hall–Kier alpha value is -0.155. The van der Waals surface area contributed by atoms with E-state index in [1.807, 2.05) is 0 Å². The second-order valence-electron chi connectivity index (χ2n) is 5.09. The van der Waals surface area contributed by atoms with Crippen LogP contribution in [0.5, 0.6) is 0 Å². The van der Waals surface area contributed by atoms with Gasteiger partial charge in [0.15, 0.2) is 6.10 Å². The minimum Gasteiger partial charge on any atom is -0.750 e. The van der Waals surface area contributed by atoms with Crippen molar-refractivity contribution in [2.24, 2.45) is 0 Å². The van der Waals surface area contributed by atoms with E-state index in [2.05, 4.69) is 20.9 Å². The van der Waals surface area contributed by atoms with Crippen LogP contribution in [0.25, 0.3) is 0 Å².